The lowest BCUT2D eigenvalue weighted by atomic mass is 10.0. The number of thioether (sulfide) groups is 1. The summed E-state index contributed by atoms with van der Waals surface area (Å²) in [5.41, 5.74) is 4.04. The van der Waals surface area contributed by atoms with Crippen LogP contribution in [0.4, 0.5) is 0 Å². The average Bonchev–Trinajstić information content (AvgIpc) is 3.20. The monoisotopic (exact) mass is 426 g/mol. The third-order valence-electron chi connectivity index (χ3n) is 5.38. The maximum atomic E-state index is 12.9. The highest BCUT2D eigenvalue weighted by Gasteiger charge is 2.53. The van der Waals surface area contributed by atoms with Gasteiger partial charge in [0.05, 0.1) is 0 Å². The highest BCUT2D eigenvalue weighted by atomic mass is 32.2. The van der Waals surface area contributed by atoms with Gasteiger partial charge in [0.1, 0.15) is 17.1 Å². The number of benzene rings is 1. The van der Waals surface area contributed by atoms with Gasteiger partial charge in [0.15, 0.2) is 5.82 Å². The molecule has 1 saturated heterocycles. The lowest BCUT2D eigenvalue weighted by molar-refractivity contribution is -0.144. The molecule has 0 bridgehead atoms. The summed E-state index contributed by atoms with van der Waals surface area (Å²) in [6.07, 6.45) is 2.67. The van der Waals surface area contributed by atoms with Gasteiger partial charge in [0.2, 0.25) is 5.91 Å². The van der Waals surface area contributed by atoms with Crippen LogP contribution in [0.1, 0.15) is 49.5 Å². The van der Waals surface area contributed by atoms with Crippen LogP contribution in [0.15, 0.2) is 34.4 Å². The number of carbonyl (C=O) groups is 2. The molecular weight excluding hydrogens is 400 g/mol. The normalized spacial score (nSPS) is 20.8. The van der Waals surface area contributed by atoms with Crippen molar-refractivity contribution < 1.29 is 14.1 Å². The minimum absolute atomic E-state index is 0.106. The van der Waals surface area contributed by atoms with Crippen molar-refractivity contribution in [3.63, 3.8) is 0 Å². The van der Waals surface area contributed by atoms with Gasteiger partial charge in [0.25, 0.3) is 11.8 Å². The van der Waals surface area contributed by atoms with E-state index in [9.17, 15) is 9.59 Å². The lowest BCUT2D eigenvalue weighted by Gasteiger charge is -2.49. The van der Waals surface area contributed by atoms with Gasteiger partial charge in [-0.25, -0.2) is 0 Å². The second-order valence-electron chi connectivity index (χ2n) is 7.84. The molecule has 1 N–H and O–H groups in total. The van der Waals surface area contributed by atoms with Crippen LogP contribution in [-0.4, -0.2) is 44.0 Å². The quantitative estimate of drug-likeness (QED) is 0.685. The van der Waals surface area contributed by atoms with E-state index < -0.39 is 6.04 Å². The Hall–Kier alpha value is -2.61. The first-order chi connectivity index (χ1) is 14.5. The molecular formula is C22H26N4O3S. The molecule has 0 unspecified atom stereocenters. The number of amides is 2. The summed E-state index contributed by atoms with van der Waals surface area (Å²) in [6.45, 7) is 6.07. The van der Waals surface area contributed by atoms with Gasteiger partial charge in [-0.15, -0.1) is 11.8 Å². The van der Waals surface area contributed by atoms with Crippen molar-refractivity contribution in [2.75, 3.05) is 5.75 Å². The first-order valence-corrected chi connectivity index (χ1v) is 11.3. The van der Waals surface area contributed by atoms with Gasteiger partial charge in [-0.1, -0.05) is 41.9 Å². The number of fused-ring (bicyclic) bond motifs is 1. The van der Waals surface area contributed by atoms with E-state index in [4.69, 9.17) is 4.52 Å². The minimum atomic E-state index is -0.512. The molecule has 0 aliphatic carbocycles. The van der Waals surface area contributed by atoms with Crippen molar-refractivity contribution in [1.29, 1.82) is 0 Å². The first kappa shape index (κ1) is 20.7. The molecule has 2 atom stereocenters. The maximum Gasteiger partial charge on any atom is 0.274 e. The Kier molecular flexibility index (Phi) is 5.94. The number of β-lactam (4-membered cyclic amide) rings is 1. The van der Waals surface area contributed by atoms with Gasteiger partial charge in [0, 0.05) is 18.6 Å². The van der Waals surface area contributed by atoms with Gasteiger partial charge < -0.3 is 9.84 Å². The summed E-state index contributed by atoms with van der Waals surface area (Å²) in [4.78, 5) is 31.5. The van der Waals surface area contributed by atoms with Crippen molar-refractivity contribution in [3.05, 3.63) is 52.7 Å². The summed E-state index contributed by atoms with van der Waals surface area (Å²) in [6, 6.07) is 7.64. The van der Waals surface area contributed by atoms with Crippen LogP contribution in [0.5, 0.6) is 0 Å². The molecule has 0 saturated carbocycles. The Morgan fingerprint density at radius 3 is 2.77 bits per heavy atom. The van der Waals surface area contributed by atoms with E-state index in [1.54, 1.807) is 16.7 Å². The standard InChI is InChI=1S/C22H26N4O3S/c1-4-5-16-23-20(29-25-16)19-14(3)12-30-22-18(21(28)26(19)22)24-17(27)11-10-15-8-6-13(2)7-9-15/h6-9,18,22H,4-5,10-12H2,1-3H3,(H,24,27)/t18-,22-/m1/s1. The maximum absolute atomic E-state index is 12.9. The van der Waals surface area contributed by atoms with Crippen molar-refractivity contribution in [1.82, 2.24) is 20.4 Å². The summed E-state index contributed by atoms with van der Waals surface area (Å²) in [5, 5.41) is 6.80. The summed E-state index contributed by atoms with van der Waals surface area (Å²) in [7, 11) is 0. The number of aromatic nitrogens is 2. The second kappa shape index (κ2) is 8.63. The molecule has 1 aromatic heterocycles. The number of carbonyl (C=O) groups excluding carboxylic acids is 2. The number of nitrogens with one attached hydrogen (secondary N) is 1. The molecule has 2 aromatic rings. The fraction of sp³-hybridized carbons (Fsp3) is 0.455. The van der Waals surface area contributed by atoms with Crippen LogP contribution in [0.25, 0.3) is 5.70 Å². The first-order valence-electron chi connectivity index (χ1n) is 10.3. The molecule has 0 radical (unpaired) electrons. The summed E-state index contributed by atoms with van der Waals surface area (Å²) < 4.78 is 5.43. The Labute approximate surface area is 180 Å². The van der Waals surface area contributed by atoms with E-state index >= 15 is 0 Å². The highest BCUT2D eigenvalue weighted by molar-refractivity contribution is 8.00. The smallest absolute Gasteiger partial charge is 0.274 e. The van der Waals surface area contributed by atoms with Crippen LogP contribution in [0, 0.1) is 6.92 Å². The van der Waals surface area contributed by atoms with Gasteiger partial charge in [-0.05, 0) is 37.8 Å². The number of rotatable bonds is 7. The fourth-order valence-corrected chi connectivity index (χ4v) is 5.00. The fourth-order valence-electron chi connectivity index (χ4n) is 3.71. The molecule has 8 heteroatoms. The number of hydrogen-bond donors (Lipinski definition) is 1. The molecule has 158 valence electrons. The highest BCUT2D eigenvalue weighted by Crippen LogP contribution is 2.43. The van der Waals surface area contributed by atoms with Crippen LogP contribution in [-0.2, 0) is 22.4 Å². The number of nitrogens with zero attached hydrogens (tertiary/aromatic N) is 3. The van der Waals surface area contributed by atoms with Crippen molar-refractivity contribution in [2.45, 2.75) is 57.9 Å². The Morgan fingerprint density at radius 2 is 2.03 bits per heavy atom. The summed E-state index contributed by atoms with van der Waals surface area (Å²) in [5.74, 6) is 1.56. The van der Waals surface area contributed by atoms with Crippen LogP contribution < -0.4 is 5.32 Å². The Morgan fingerprint density at radius 1 is 1.27 bits per heavy atom. The molecule has 1 aromatic carbocycles. The topological polar surface area (TPSA) is 88.3 Å². The molecule has 7 nitrogen and oxygen atoms in total. The van der Waals surface area contributed by atoms with Crippen LogP contribution in [0.2, 0.25) is 0 Å². The molecule has 3 heterocycles. The van der Waals surface area contributed by atoms with Gasteiger partial charge >= 0.3 is 0 Å². The molecule has 4 rings (SSSR count). The molecule has 1 fully saturated rings. The predicted octanol–water partition coefficient (Wildman–Crippen LogP) is 3.09. The zero-order chi connectivity index (χ0) is 21.3. The molecule has 2 amide bonds. The largest absolute Gasteiger partial charge is 0.342 e. The lowest BCUT2D eigenvalue weighted by Crippen LogP contribution is -2.69. The SMILES string of the molecule is CCCc1noc(C2=C(C)CS[C@@H]3[C@H](NC(=O)CCc4ccc(C)cc4)C(=O)N23)n1. The molecule has 2 aliphatic heterocycles. The second-order valence-corrected chi connectivity index (χ2v) is 8.94. The van der Waals surface area contributed by atoms with E-state index in [0.717, 1.165) is 29.7 Å². The predicted molar refractivity (Wildman–Crippen MR) is 115 cm³/mol. The van der Waals surface area contributed by atoms with Crippen LogP contribution in [0.3, 0.4) is 0 Å². The van der Waals surface area contributed by atoms with Crippen molar-refractivity contribution in [2.24, 2.45) is 0 Å². The van der Waals surface area contributed by atoms with E-state index in [0.29, 0.717) is 30.3 Å². The zero-order valence-corrected chi connectivity index (χ0v) is 18.3. The van der Waals surface area contributed by atoms with E-state index in [1.165, 1.54) is 5.56 Å². The van der Waals surface area contributed by atoms with E-state index in [1.807, 2.05) is 38.1 Å². The van der Waals surface area contributed by atoms with Crippen LogP contribution >= 0.6 is 11.8 Å². The molecule has 0 spiro atoms. The minimum Gasteiger partial charge on any atom is -0.342 e. The zero-order valence-electron chi connectivity index (χ0n) is 17.5. The third-order valence-corrected chi connectivity index (χ3v) is 6.81. The van der Waals surface area contributed by atoms with Crippen molar-refractivity contribution in [3.8, 4) is 0 Å². The Balaban J connectivity index is 1.39. The third kappa shape index (κ3) is 4.01. The van der Waals surface area contributed by atoms with Crippen molar-refractivity contribution >= 4 is 29.3 Å². The van der Waals surface area contributed by atoms with Gasteiger partial charge in [-0.2, -0.15) is 4.98 Å². The Bertz CT molecular complexity index is 983. The number of hydrogen-bond acceptors (Lipinski definition) is 6. The molecule has 30 heavy (non-hydrogen) atoms. The summed E-state index contributed by atoms with van der Waals surface area (Å²) >= 11 is 1.65. The van der Waals surface area contributed by atoms with Gasteiger partial charge in [-0.3, -0.25) is 14.5 Å². The number of aryl methyl sites for hydroxylation is 3. The van der Waals surface area contributed by atoms with E-state index in [-0.39, 0.29) is 17.2 Å². The average molecular weight is 427 g/mol. The molecule has 2 aliphatic rings. The van der Waals surface area contributed by atoms with E-state index in [2.05, 4.69) is 22.4 Å².